The molecule has 10 nitrogen and oxygen atoms in total. The predicted molar refractivity (Wildman–Crippen MR) is 121 cm³/mol. The SMILES string of the molecule is CN1CC[C@@H](c2c(O)cc(O)c3c(=O)cc(-c4cc(F)c(Cl)cc4Cl)oc23)[C@@H]1CO.O=[N+]([O-])O. The van der Waals surface area contributed by atoms with Gasteiger partial charge in [0.05, 0.1) is 16.7 Å². The van der Waals surface area contributed by atoms with Gasteiger partial charge in [-0.3, -0.25) is 4.79 Å². The first-order valence-electron chi connectivity index (χ1n) is 9.78. The largest absolute Gasteiger partial charge is 0.507 e. The van der Waals surface area contributed by atoms with E-state index in [1.54, 1.807) is 0 Å². The zero-order valence-electron chi connectivity index (χ0n) is 17.5. The summed E-state index contributed by atoms with van der Waals surface area (Å²) >= 11 is 11.9. The molecule has 1 aliphatic heterocycles. The standard InChI is InChI=1S/C21H18Cl2FNO5.HNO3/c1-25-3-2-9(14(25)8-26)19-15(27)6-16(28)20-17(29)7-18(30-21(19)20)10-4-13(24)12(23)5-11(10)22;2-1(3)4/h4-7,9,14,26-28H,2-3,8H2,1H3;(H,2,3,4)/t9-,14+;/m1./s1. The van der Waals surface area contributed by atoms with Crippen LogP contribution in [-0.2, 0) is 0 Å². The molecular weight excluding hydrogens is 498 g/mol. The molecule has 0 spiro atoms. The van der Waals surface area contributed by atoms with Gasteiger partial charge in [0.1, 0.15) is 34.0 Å². The maximum absolute atomic E-state index is 14.0. The average molecular weight is 517 g/mol. The summed E-state index contributed by atoms with van der Waals surface area (Å²) < 4.78 is 20.0. The Morgan fingerprint density at radius 1 is 1.21 bits per heavy atom. The van der Waals surface area contributed by atoms with Crippen LogP contribution in [0.2, 0.25) is 10.0 Å². The Hall–Kier alpha value is -3.12. The first-order valence-corrected chi connectivity index (χ1v) is 10.5. The van der Waals surface area contributed by atoms with Crippen LogP contribution < -0.4 is 5.43 Å². The molecule has 0 bridgehead atoms. The van der Waals surface area contributed by atoms with E-state index in [2.05, 4.69) is 0 Å². The minimum atomic E-state index is -1.50. The van der Waals surface area contributed by atoms with Crippen molar-refractivity contribution in [2.45, 2.75) is 18.4 Å². The molecule has 182 valence electrons. The van der Waals surface area contributed by atoms with Crippen molar-refractivity contribution in [3.8, 4) is 22.8 Å². The zero-order chi connectivity index (χ0) is 25.3. The molecular formula is C21H19Cl2FN2O8. The van der Waals surface area contributed by atoms with E-state index in [-0.39, 0.29) is 56.7 Å². The van der Waals surface area contributed by atoms with Crippen molar-refractivity contribution >= 4 is 34.2 Å². The van der Waals surface area contributed by atoms with Gasteiger partial charge in [0, 0.05) is 35.2 Å². The number of likely N-dealkylation sites (tertiary alicyclic amines) is 1. The van der Waals surface area contributed by atoms with Gasteiger partial charge >= 0.3 is 0 Å². The van der Waals surface area contributed by atoms with Gasteiger partial charge in [-0.1, -0.05) is 23.2 Å². The molecule has 2 heterocycles. The summed E-state index contributed by atoms with van der Waals surface area (Å²) in [5, 5.41) is 44.2. The Labute approximate surface area is 201 Å². The highest BCUT2D eigenvalue weighted by Gasteiger charge is 2.36. The van der Waals surface area contributed by atoms with E-state index in [4.69, 9.17) is 42.9 Å². The number of phenolic OH excluding ortho intramolecular Hbond substituents is 2. The molecule has 34 heavy (non-hydrogen) atoms. The third kappa shape index (κ3) is 4.87. The van der Waals surface area contributed by atoms with Crippen molar-refractivity contribution in [1.82, 2.24) is 4.90 Å². The number of hydrogen-bond acceptors (Lipinski definition) is 8. The Balaban J connectivity index is 0.000000751. The fraction of sp³-hybridized carbons (Fsp3) is 0.286. The highest BCUT2D eigenvalue weighted by Crippen LogP contribution is 2.44. The second kappa shape index (κ2) is 10.0. The van der Waals surface area contributed by atoms with Crippen molar-refractivity contribution < 1.29 is 34.4 Å². The van der Waals surface area contributed by atoms with Crippen LogP contribution in [0.5, 0.6) is 11.5 Å². The normalized spacial score (nSPS) is 18.0. The van der Waals surface area contributed by atoms with Gasteiger partial charge in [-0.2, -0.15) is 0 Å². The number of phenols is 2. The Kier molecular flexibility index (Phi) is 7.51. The molecule has 2 atom stereocenters. The van der Waals surface area contributed by atoms with Crippen molar-refractivity contribution in [2.24, 2.45) is 0 Å². The molecule has 0 radical (unpaired) electrons. The van der Waals surface area contributed by atoms with E-state index in [1.165, 1.54) is 6.07 Å². The second-order valence-corrected chi connectivity index (χ2v) is 8.43. The van der Waals surface area contributed by atoms with Crippen LogP contribution in [0.1, 0.15) is 17.9 Å². The fourth-order valence-electron chi connectivity index (χ4n) is 4.14. The van der Waals surface area contributed by atoms with Gasteiger partial charge in [-0.15, -0.1) is 10.1 Å². The van der Waals surface area contributed by atoms with Gasteiger partial charge in [0.25, 0.3) is 5.09 Å². The lowest BCUT2D eigenvalue weighted by Crippen LogP contribution is -2.32. The highest BCUT2D eigenvalue weighted by molar-refractivity contribution is 6.36. The average Bonchev–Trinajstić information content (AvgIpc) is 3.09. The van der Waals surface area contributed by atoms with Crippen LogP contribution >= 0.6 is 23.2 Å². The van der Waals surface area contributed by atoms with E-state index in [1.807, 2.05) is 11.9 Å². The van der Waals surface area contributed by atoms with Crippen LogP contribution in [0.15, 0.2) is 33.5 Å². The van der Waals surface area contributed by atoms with E-state index in [0.29, 0.717) is 18.5 Å². The number of benzene rings is 2. The van der Waals surface area contributed by atoms with Crippen molar-refractivity contribution in [1.29, 1.82) is 0 Å². The topological polar surface area (TPSA) is 158 Å². The van der Waals surface area contributed by atoms with E-state index in [9.17, 15) is 24.5 Å². The summed E-state index contributed by atoms with van der Waals surface area (Å²) in [5.74, 6) is -1.82. The maximum Gasteiger partial charge on any atom is 0.291 e. The third-order valence-corrected chi connectivity index (χ3v) is 6.26. The van der Waals surface area contributed by atoms with Gasteiger partial charge in [-0.05, 0) is 32.1 Å². The number of aromatic hydroxyl groups is 2. The van der Waals surface area contributed by atoms with Crippen molar-refractivity contribution in [2.75, 3.05) is 20.2 Å². The molecule has 0 unspecified atom stereocenters. The van der Waals surface area contributed by atoms with Crippen molar-refractivity contribution in [3.63, 3.8) is 0 Å². The van der Waals surface area contributed by atoms with Crippen LogP contribution in [-0.4, -0.2) is 56.8 Å². The fourth-order valence-corrected chi connectivity index (χ4v) is 4.61. The van der Waals surface area contributed by atoms with Gasteiger partial charge < -0.3 is 29.8 Å². The lowest BCUT2D eigenvalue weighted by Gasteiger charge is -2.24. The number of aliphatic hydroxyl groups is 1. The Morgan fingerprint density at radius 3 is 2.47 bits per heavy atom. The van der Waals surface area contributed by atoms with E-state index >= 15 is 0 Å². The summed E-state index contributed by atoms with van der Waals surface area (Å²) in [6, 6.07) is 4.13. The number of rotatable bonds is 3. The zero-order valence-corrected chi connectivity index (χ0v) is 19.0. The smallest absolute Gasteiger partial charge is 0.291 e. The number of aliphatic hydroxyl groups excluding tert-OH is 1. The summed E-state index contributed by atoms with van der Waals surface area (Å²) in [5.41, 5.74) is -0.201. The van der Waals surface area contributed by atoms with Crippen LogP contribution in [0.4, 0.5) is 4.39 Å². The van der Waals surface area contributed by atoms with Crippen molar-refractivity contribution in [3.05, 3.63) is 66.0 Å². The summed E-state index contributed by atoms with van der Waals surface area (Å²) in [6.45, 7) is 0.497. The quantitative estimate of drug-likeness (QED) is 0.231. The van der Waals surface area contributed by atoms with Crippen LogP contribution in [0.3, 0.4) is 0 Å². The molecule has 4 N–H and O–H groups in total. The highest BCUT2D eigenvalue weighted by atomic mass is 35.5. The number of fused-ring (bicyclic) bond motifs is 1. The van der Waals surface area contributed by atoms with E-state index < -0.39 is 22.1 Å². The molecule has 0 amide bonds. The van der Waals surface area contributed by atoms with Crippen LogP contribution in [0.25, 0.3) is 22.3 Å². The number of nitrogens with zero attached hydrogens (tertiary/aromatic N) is 2. The molecule has 0 aliphatic carbocycles. The molecule has 4 rings (SSSR count). The van der Waals surface area contributed by atoms with Gasteiger partial charge in [-0.25, -0.2) is 4.39 Å². The van der Waals surface area contributed by atoms with Crippen LogP contribution in [0, 0.1) is 15.9 Å². The van der Waals surface area contributed by atoms with Gasteiger partial charge in [0.2, 0.25) is 0 Å². The maximum atomic E-state index is 14.0. The lowest BCUT2D eigenvalue weighted by molar-refractivity contribution is -0.742. The molecule has 2 aromatic carbocycles. The summed E-state index contributed by atoms with van der Waals surface area (Å²) in [4.78, 5) is 23.1. The van der Waals surface area contributed by atoms with Gasteiger partial charge in [0.15, 0.2) is 5.43 Å². The number of halogens is 3. The number of likely N-dealkylation sites (N-methyl/N-ethyl adjacent to an activating group) is 1. The minimum Gasteiger partial charge on any atom is -0.507 e. The summed E-state index contributed by atoms with van der Waals surface area (Å²) in [6.07, 6.45) is 0.597. The molecule has 3 aromatic rings. The third-order valence-electron chi connectivity index (χ3n) is 5.65. The minimum absolute atomic E-state index is 0.0276. The monoisotopic (exact) mass is 516 g/mol. The lowest BCUT2D eigenvalue weighted by atomic mass is 9.89. The second-order valence-electron chi connectivity index (χ2n) is 7.62. The molecule has 1 fully saturated rings. The Bertz CT molecular complexity index is 1310. The van der Waals surface area contributed by atoms with E-state index in [0.717, 1.165) is 18.2 Å². The molecule has 0 saturated carbocycles. The Morgan fingerprint density at radius 2 is 1.85 bits per heavy atom. The summed E-state index contributed by atoms with van der Waals surface area (Å²) in [7, 11) is 1.85. The molecule has 1 aliphatic rings. The number of hydrogen-bond donors (Lipinski definition) is 4. The predicted octanol–water partition coefficient (Wildman–Crippen LogP) is 3.75. The molecule has 1 aromatic heterocycles. The first-order chi connectivity index (χ1) is 16.0. The molecule has 13 heteroatoms. The first kappa shape index (κ1) is 25.5. The molecule has 1 saturated heterocycles.